The maximum absolute atomic E-state index is 14.6. The average molecular weight is 461 g/mol. The second kappa shape index (κ2) is 12.1. The van der Waals surface area contributed by atoms with Crippen LogP contribution in [0.3, 0.4) is 0 Å². The Bertz CT molecular complexity index is 1100. The first-order valence-electron chi connectivity index (χ1n) is 11.8. The largest absolute Gasteiger partial charge is 0.352 e. The highest BCUT2D eigenvalue weighted by atomic mass is 19.1. The molecule has 0 fully saturated rings. The van der Waals surface area contributed by atoms with Gasteiger partial charge in [-0.25, -0.2) is 4.39 Å². The molecule has 2 amide bonds. The van der Waals surface area contributed by atoms with Gasteiger partial charge in [0.15, 0.2) is 0 Å². The van der Waals surface area contributed by atoms with Crippen LogP contribution >= 0.6 is 0 Å². The van der Waals surface area contributed by atoms with Gasteiger partial charge >= 0.3 is 0 Å². The third-order valence-corrected chi connectivity index (χ3v) is 6.17. The fourth-order valence-corrected chi connectivity index (χ4v) is 3.88. The van der Waals surface area contributed by atoms with Crippen LogP contribution < -0.4 is 5.32 Å². The van der Waals surface area contributed by atoms with Gasteiger partial charge in [0.1, 0.15) is 11.9 Å². The highest BCUT2D eigenvalue weighted by Crippen LogP contribution is 2.19. The van der Waals surface area contributed by atoms with Crippen molar-refractivity contribution in [2.75, 3.05) is 0 Å². The summed E-state index contributed by atoms with van der Waals surface area (Å²) in [6.07, 6.45) is 1.26. The second-order valence-corrected chi connectivity index (χ2v) is 8.74. The van der Waals surface area contributed by atoms with E-state index in [2.05, 4.69) is 5.32 Å². The third kappa shape index (κ3) is 6.77. The molecular weight excluding hydrogens is 427 g/mol. The molecular formula is C29H33FN2O2. The van der Waals surface area contributed by atoms with E-state index in [0.29, 0.717) is 12.0 Å². The lowest BCUT2D eigenvalue weighted by Crippen LogP contribution is -2.52. The van der Waals surface area contributed by atoms with Gasteiger partial charge in [0.05, 0.1) is 6.42 Å². The molecule has 3 aromatic rings. The Morgan fingerprint density at radius 2 is 1.53 bits per heavy atom. The molecule has 0 heterocycles. The van der Waals surface area contributed by atoms with Gasteiger partial charge in [-0.05, 0) is 43.0 Å². The van der Waals surface area contributed by atoms with Crippen LogP contribution in [-0.4, -0.2) is 28.8 Å². The van der Waals surface area contributed by atoms with E-state index in [0.717, 1.165) is 23.1 Å². The van der Waals surface area contributed by atoms with E-state index < -0.39 is 11.9 Å². The SMILES string of the molecule is CCC(C)NC(=O)C(Cc1ccccc1)N(Cc1ccccc1F)C(=O)Cc1ccccc1C. The molecule has 3 aromatic carbocycles. The zero-order chi connectivity index (χ0) is 24.5. The lowest BCUT2D eigenvalue weighted by Gasteiger charge is -2.32. The van der Waals surface area contributed by atoms with E-state index in [9.17, 15) is 14.0 Å². The van der Waals surface area contributed by atoms with Gasteiger partial charge in [0.25, 0.3) is 0 Å². The number of nitrogens with one attached hydrogen (secondary N) is 1. The number of amides is 2. The lowest BCUT2D eigenvalue weighted by atomic mass is 10.00. The van der Waals surface area contributed by atoms with Crippen LogP contribution in [0.2, 0.25) is 0 Å². The molecule has 4 nitrogen and oxygen atoms in total. The van der Waals surface area contributed by atoms with Crippen LogP contribution in [-0.2, 0) is 29.0 Å². The third-order valence-electron chi connectivity index (χ3n) is 6.17. The molecule has 0 aliphatic heterocycles. The number of rotatable bonds is 10. The van der Waals surface area contributed by atoms with Crippen molar-refractivity contribution in [2.45, 2.75) is 58.7 Å². The monoisotopic (exact) mass is 460 g/mol. The minimum Gasteiger partial charge on any atom is -0.352 e. The van der Waals surface area contributed by atoms with E-state index in [4.69, 9.17) is 0 Å². The summed E-state index contributed by atoms with van der Waals surface area (Å²) in [5.41, 5.74) is 3.22. The smallest absolute Gasteiger partial charge is 0.243 e. The molecule has 5 heteroatoms. The van der Waals surface area contributed by atoms with E-state index in [-0.39, 0.29) is 30.8 Å². The standard InChI is InChI=1S/C29H33FN2O2/c1-4-22(3)31-29(34)27(18-23-13-6-5-7-14-23)32(20-25-16-10-11-17-26(25)30)28(33)19-24-15-9-8-12-21(24)2/h5-17,22,27H,4,18-20H2,1-3H3,(H,31,34). The van der Waals surface area contributed by atoms with Crippen molar-refractivity contribution < 1.29 is 14.0 Å². The van der Waals surface area contributed by atoms with E-state index in [1.807, 2.05) is 75.4 Å². The van der Waals surface area contributed by atoms with Crippen LogP contribution in [0.5, 0.6) is 0 Å². The number of hydrogen-bond acceptors (Lipinski definition) is 2. The zero-order valence-electron chi connectivity index (χ0n) is 20.1. The number of carbonyl (C=O) groups excluding carboxylic acids is 2. The van der Waals surface area contributed by atoms with Gasteiger partial charge in [-0.1, -0.05) is 79.7 Å². The average Bonchev–Trinajstić information content (AvgIpc) is 2.84. The van der Waals surface area contributed by atoms with Gasteiger partial charge in [0.2, 0.25) is 11.8 Å². The predicted octanol–water partition coefficient (Wildman–Crippen LogP) is 5.23. The highest BCUT2D eigenvalue weighted by Gasteiger charge is 2.31. The van der Waals surface area contributed by atoms with Crippen molar-refractivity contribution >= 4 is 11.8 Å². The van der Waals surface area contributed by atoms with Gasteiger partial charge in [-0.15, -0.1) is 0 Å². The van der Waals surface area contributed by atoms with Crippen LogP contribution in [0.25, 0.3) is 0 Å². The Hall–Kier alpha value is -3.47. The van der Waals surface area contributed by atoms with Crippen LogP contribution in [0, 0.1) is 12.7 Å². The summed E-state index contributed by atoms with van der Waals surface area (Å²) < 4.78 is 14.6. The molecule has 0 aliphatic carbocycles. The molecule has 0 aliphatic rings. The van der Waals surface area contributed by atoms with Crippen molar-refractivity contribution in [1.29, 1.82) is 0 Å². The summed E-state index contributed by atoms with van der Waals surface area (Å²) in [4.78, 5) is 28.7. The summed E-state index contributed by atoms with van der Waals surface area (Å²) in [6, 6.07) is 22.9. The Morgan fingerprint density at radius 3 is 2.18 bits per heavy atom. The molecule has 2 atom stereocenters. The van der Waals surface area contributed by atoms with E-state index in [1.165, 1.54) is 11.0 Å². The van der Waals surface area contributed by atoms with Gasteiger partial charge in [0, 0.05) is 24.6 Å². The fraction of sp³-hybridized carbons (Fsp3) is 0.310. The minimum absolute atomic E-state index is 0.0167. The molecule has 34 heavy (non-hydrogen) atoms. The second-order valence-electron chi connectivity index (χ2n) is 8.74. The van der Waals surface area contributed by atoms with Crippen molar-refractivity contribution in [3.05, 3.63) is 107 Å². The molecule has 3 rings (SSSR count). The summed E-state index contributed by atoms with van der Waals surface area (Å²) >= 11 is 0. The van der Waals surface area contributed by atoms with Crippen molar-refractivity contribution in [3.63, 3.8) is 0 Å². The number of nitrogens with zero attached hydrogens (tertiary/aromatic N) is 1. The van der Waals surface area contributed by atoms with Crippen molar-refractivity contribution in [3.8, 4) is 0 Å². The molecule has 1 N–H and O–H groups in total. The number of halogens is 1. The Balaban J connectivity index is 2.00. The summed E-state index contributed by atoms with van der Waals surface area (Å²) in [5.74, 6) is -0.831. The first-order valence-corrected chi connectivity index (χ1v) is 11.8. The van der Waals surface area contributed by atoms with Crippen LogP contribution in [0.4, 0.5) is 4.39 Å². The van der Waals surface area contributed by atoms with E-state index in [1.54, 1.807) is 18.2 Å². The molecule has 2 unspecified atom stereocenters. The normalized spacial score (nSPS) is 12.6. The molecule has 0 radical (unpaired) electrons. The summed E-state index contributed by atoms with van der Waals surface area (Å²) in [7, 11) is 0. The van der Waals surface area contributed by atoms with E-state index >= 15 is 0 Å². The predicted molar refractivity (Wildman–Crippen MR) is 134 cm³/mol. The lowest BCUT2D eigenvalue weighted by molar-refractivity contribution is -0.141. The summed E-state index contributed by atoms with van der Waals surface area (Å²) in [6.45, 7) is 5.91. The fourth-order valence-electron chi connectivity index (χ4n) is 3.88. The first-order chi connectivity index (χ1) is 16.4. The highest BCUT2D eigenvalue weighted by molar-refractivity contribution is 5.89. The van der Waals surface area contributed by atoms with Gasteiger partial charge in [-0.2, -0.15) is 0 Å². The molecule has 0 bridgehead atoms. The Labute approximate surface area is 201 Å². The van der Waals surface area contributed by atoms with Crippen molar-refractivity contribution in [2.24, 2.45) is 0 Å². The molecule has 0 aromatic heterocycles. The summed E-state index contributed by atoms with van der Waals surface area (Å²) in [5, 5.41) is 3.03. The minimum atomic E-state index is -0.771. The Kier molecular flexibility index (Phi) is 8.97. The first kappa shape index (κ1) is 25.2. The Morgan fingerprint density at radius 1 is 0.912 bits per heavy atom. The van der Waals surface area contributed by atoms with Gasteiger partial charge in [-0.3, -0.25) is 9.59 Å². The molecule has 178 valence electrons. The number of carbonyl (C=O) groups is 2. The number of hydrogen-bond donors (Lipinski definition) is 1. The molecule has 0 saturated heterocycles. The molecule has 0 saturated carbocycles. The maximum atomic E-state index is 14.6. The zero-order valence-corrected chi connectivity index (χ0v) is 20.1. The topological polar surface area (TPSA) is 49.4 Å². The number of benzene rings is 3. The maximum Gasteiger partial charge on any atom is 0.243 e. The molecule has 0 spiro atoms. The van der Waals surface area contributed by atoms with Gasteiger partial charge < -0.3 is 10.2 Å². The quantitative estimate of drug-likeness (QED) is 0.450. The number of aryl methyl sites for hydroxylation is 1. The van der Waals surface area contributed by atoms with Crippen LogP contribution in [0.1, 0.15) is 42.5 Å². The van der Waals surface area contributed by atoms with Crippen molar-refractivity contribution in [1.82, 2.24) is 10.2 Å². The van der Waals surface area contributed by atoms with Crippen LogP contribution in [0.15, 0.2) is 78.9 Å².